The summed E-state index contributed by atoms with van der Waals surface area (Å²) in [5.74, 6) is 0. The van der Waals surface area contributed by atoms with Gasteiger partial charge in [0.1, 0.15) is 0 Å². The molecule has 0 saturated carbocycles. The Morgan fingerprint density at radius 1 is 1.24 bits per heavy atom. The minimum absolute atomic E-state index is 0.444. The molecule has 0 amide bonds. The average Bonchev–Trinajstić information content (AvgIpc) is 2.35. The van der Waals surface area contributed by atoms with Gasteiger partial charge in [0, 0.05) is 32.5 Å². The van der Waals surface area contributed by atoms with E-state index in [4.69, 9.17) is 22.7 Å². The number of thiocarbonyl (C=S) groups is 1. The molecule has 0 aliphatic carbocycles. The fraction of sp³-hybridized carbons (Fsp3) is 0.545. The van der Waals surface area contributed by atoms with Crippen molar-refractivity contribution in [1.29, 1.82) is 10.5 Å². The first-order chi connectivity index (χ1) is 8.24. The molecular formula is C11H17N5S. The second-order valence-corrected chi connectivity index (χ2v) is 3.68. The summed E-state index contributed by atoms with van der Waals surface area (Å²) < 4.78 is 0. The van der Waals surface area contributed by atoms with Gasteiger partial charge in [-0.2, -0.15) is 10.5 Å². The van der Waals surface area contributed by atoms with Crippen LogP contribution < -0.4 is 10.6 Å². The van der Waals surface area contributed by atoms with E-state index in [1.54, 1.807) is 6.08 Å². The Balaban J connectivity index is 3.89. The molecule has 92 valence electrons. The number of hydrogen-bond donors (Lipinski definition) is 2. The Morgan fingerprint density at radius 3 is 2.29 bits per heavy atom. The second-order valence-electron chi connectivity index (χ2n) is 3.27. The van der Waals surface area contributed by atoms with Crippen LogP contribution in [0.5, 0.6) is 0 Å². The lowest BCUT2D eigenvalue weighted by molar-refractivity contribution is 0.280. The summed E-state index contributed by atoms with van der Waals surface area (Å²) in [5.41, 5.74) is 0. The number of nitrogens with zero attached hydrogens (tertiary/aromatic N) is 3. The van der Waals surface area contributed by atoms with Gasteiger partial charge in [-0.05, 0) is 12.2 Å². The van der Waals surface area contributed by atoms with Gasteiger partial charge >= 0.3 is 0 Å². The van der Waals surface area contributed by atoms with Gasteiger partial charge in [-0.15, -0.1) is 6.58 Å². The number of nitriles is 2. The van der Waals surface area contributed by atoms with E-state index in [2.05, 4.69) is 29.4 Å². The molecule has 0 bridgehead atoms. The third-order valence-electron chi connectivity index (χ3n) is 1.95. The van der Waals surface area contributed by atoms with Crippen molar-refractivity contribution in [3.05, 3.63) is 12.7 Å². The van der Waals surface area contributed by atoms with Crippen molar-refractivity contribution >= 4 is 17.3 Å². The molecule has 0 fully saturated rings. The van der Waals surface area contributed by atoms with E-state index in [1.807, 2.05) is 4.90 Å². The molecule has 0 unspecified atom stereocenters. The predicted octanol–water partition coefficient (Wildman–Crippen LogP) is 0.723. The molecule has 2 N–H and O–H groups in total. The molecule has 0 aromatic heterocycles. The van der Waals surface area contributed by atoms with Gasteiger partial charge in [0.15, 0.2) is 5.11 Å². The zero-order valence-corrected chi connectivity index (χ0v) is 10.6. The van der Waals surface area contributed by atoms with Crippen molar-refractivity contribution in [2.24, 2.45) is 0 Å². The Hall–Kier alpha value is -1.63. The SMILES string of the molecule is C=CCNC(=S)NCN(CCC#N)CCC#N. The maximum atomic E-state index is 8.52. The van der Waals surface area contributed by atoms with Gasteiger partial charge in [-0.3, -0.25) is 4.90 Å². The predicted molar refractivity (Wildman–Crippen MR) is 70.8 cm³/mol. The Bertz CT molecular complexity index is 297. The number of nitrogens with one attached hydrogen (secondary N) is 2. The van der Waals surface area contributed by atoms with Crippen molar-refractivity contribution in [2.45, 2.75) is 12.8 Å². The van der Waals surface area contributed by atoms with Crippen LogP contribution in [0.25, 0.3) is 0 Å². The lowest BCUT2D eigenvalue weighted by Gasteiger charge is -2.21. The number of rotatable bonds is 8. The van der Waals surface area contributed by atoms with E-state index < -0.39 is 0 Å². The van der Waals surface area contributed by atoms with Crippen molar-refractivity contribution in [1.82, 2.24) is 15.5 Å². The third-order valence-corrected chi connectivity index (χ3v) is 2.24. The summed E-state index contributed by atoms with van der Waals surface area (Å²) in [6.07, 6.45) is 2.61. The molecule has 0 radical (unpaired) electrons. The van der Waals surface area contributed by atoms with Crippen molar-refractivity contribution in [3.63, 3.8) is 0 Å². The minimum atomic E-state index is 0.444. The van der Waals surface area contributed by atoms with Crippen LogP contribution in [0.4, 0.5) is 0 Å². The minimum Gasteiger partial charge on any atom is -0.359 e. The Kier molecular flexibility index (Phi) is 9.83. The van der Waals surface area contributed by atoms with Crippen molar-refractivity contribution < 1.29 is 0 Å². The molecule has 0 rings (SSSR count). The Labute approximate surface area is 108 Å². The van der Waals surface area contributed by atoms with E-state index >= 15 is 0 Å². The summed E-state index contributed by atoms with van der Waals surface area (Å²) in [6, 6.07) is 4.16. The monoisotopic (exact) mass is 251 g/mol. The molecule has 0 aliphatic rings. The van der Waals surface area contributed by atoms with E-state index in [1.165, 1.54) is 0 Å². The summed E-state index contributed by atoms with van der Waals surface area (Å²) in [4.78, 5) is 1.98. The fourth-order valence-electron chi connectivity index (χ4n) is 1.10. The highest BCUT2D eigenvalue weighted by Crippen LogP contribution is 1.91. The summed E-state index contributed by atoms with van der Waals surface area (Å²) in [6.45, 7) is 5.99. The largest absolute Gasteiger partial charge is 0.359 e. The normalized spacial score (nSPS) is 9.12. The maximum Gasteiger partial charge on any atom is 0.167 e. The van der Waals surface area contributed by atoms with Gasteiger partial charge in [0.25, 0.3) is 0 Å². The summed E-state index contributed by atoms with van der Waals surface area (Å²) >= 11 is 5.04. The number of hydrogen-bond acceptors (Lipinski definition) is 4. The van der Waals surface area contributed by atoms with Gasteiger partial charge < -0.3 is 10.6 Å². The van der Waals surface area contributed by atoms with Crippen LogP contribution >= 0.6 is 12.2 Å². The Morgan fingerprint density at radius 2 is 1.82 bits per heavy atom. The van der Waals surface area contributed by atoms with Gasteiger partial charge in [-0.1, -0.05) is 6.08 Å². The van der Waals surface area contributed by atoms with Crippen LogP contribution in [-0.2, 0) is 0 Å². The molecular weight excluding hydrogens is 234 g/mol. The molecule has 17 heavy (non-hydrogen) atoms. The topological polar surface area (TPSA) is 74.9 Å². The van der Waals surface area contributed by atoms with Gasteiger partial charge in [0.05, 0.1) is 18.8 Å². The molecule has 0 saturated heterocycles. The zero-order chi connectivity index (χ0) is 12.9. The van der Waals surface area contributed by atoms with Crippen LogP contribution in [0.3, 0.4) is 0 Å². The quantitative estimate of drug-likeness (QED) is 0.376. The van der Waals surface area contributed by atoms with Gasteiger partial charge in [-0.25, -0.2) is 0 Å². The average molecular weight is 251 g/mol. The highest BCUT2D eigenvalue weighted by atomic mass is 32.1. The molecule has 6 heteroatoms. The zero-order valence-electron chi connectivity index (χ0n) is 9.78. The van der Waals surface area contributed by atoms with E-state index in [0.29, 0.717) is 44.3 Å². The first-order valence-electron chi connectivity index (χ1n) is 5.33. The third kappa shape index (κ3) is 9.31. The van der Waals surface area contributed by atoms with Crippen molar-refractivity contribution in [3.8, 4) is 12.1 Å². The lowest BCUT2D eigenvalue weighted by atomic mass is 10.3. The molecule has 0 heterocycles. The lowest BCUT2D eigenvalue weighted by Crippen LogP contribution is -2.43. The maximum absolute atomic E-state index is 8.52. The van der Waals surface area contributed by atoms with E-state index in [-0.39, 0.29) is 0 Å². The second kappa shape index (κ2) is 10.9. The molecule has 0 aromatic carbocycles. The van der Waals surface area contributed by atoms with Crippen LogP contribution in [0.1, 0.15) is 12.8 Å². The first-order valence-corrected chi connectivity index (χ1v) is 5.74. The van der Waals surface area contributed by atoms with Crippen LogP contribution in [0, 0.1) is 22.7 Å². The van der Waals surface area contributed by atoms with Crippen LogP contribution in [0.15, 0.2) is 12.7 Å². The summed E-state index contributed by atoms with van der Waals surface area (Å²) in [7, 11) is 0. The van der Waals surface area contributed by atoms with Crippen LogP contribution in [-0.4, -0.2) is 36.3 Å². The smallest absolute Gasteiger partial charge is 0.167 e. The summed E-state index contributed by atoms with van der Waals surface area (Å²) in [5, 5.41) is 23.6. The van der Waals surface area contributed by atoms with E-state index in [9.17, 15) is 0 Å². The first kappa shape index (κ1) is 15.4. The molecule has 0 aliphatic heterocycles. The fourth-order valence-corrected chi connectivity index (χ4v) is 1.25. The molecule has 0 aromatic rings. The van der Waals surface area contributed by atoms with Crippen LogP contribution in [0.2, 0.25) is 0 Å². The van der Waals surface area contributed by atoms with Crippen molar-refractivity contribution in [2.75, 3.05) is 26.3 Å². The van der Waals surface area contributed by atoms with Gasteiger partial charge in [0.2, 0.25) is 0 Å². The highest BCUT2D eigenvalue weighted by Gasteiger charge is 2.04. The molecule has 0 atom stereocenters. The molecule has 0 spiro atoms. The standard InChI is InChI=1S/C11H17N5S/c1-2-7-14-11(17)15-10-16(8-3-5-12)9-4-6-13/h2H,1,3-4,7-10H2,(H2,14,15,17). The highest BCUT2D eigenvalue weighted by molar-refractivity contribution is 7.80. The van der Waals surface area contributed by atoms with E-state index in [0.717, 1.165) is 0 Å². The molecule has 5 nitrogen and oxygen atoms in total.